The highest BCUT2D eigenvalue weighted by Crippen LogP contribution is 2.13. The molecule has 2 amide bonds. The number of hydrogen-bond donors (Lipinski definition) is 1. The molecule has 0 aliphatic carbocycles. The standard InChI is InChI=1S/C21H24N4O2/c1-27-13-12-25-17-20(14-22-25)23-21(26)24(15-18-8-4-2-5-9-18)16-19-10-6-3-7-11-19/h2-11,14,17H,12-13,15-16H2,1H3,(H,23,26). The Bertz CT molecular complexity index is 792. The molecule has 0 aliphatic rings. The molecule has 1 aromatic heterocycles. The second kappa shape index (κ2) is 9.54. The van der Waals surface area contributed by atoms with E-state index in [0.29, 0.717) is 31.9 Å². The second-order valence-electron chi connectivity index (χ2n) is 6.24. The number of hydrogen-bond acceptors (Lipinski definition) is 3. The van der Waals surface area contributed by atoms with Crippen LogP contribution in [-0.4, -0.2) is 34.4 Å². The van der Waals surface area contributed by atoms with Crippen molar-refractivity contribution in [3.8, 4) is 0 Å². The summed E-state index contributed by atoms with van der Waals surface area (Å²) in [5.74, 6) is 0. The lowest BCUT2D eigenvalue weighted by Gasteiger charge is -2.23. The molecule has 0 aliphatic heterocycles. The summed E-state index contributed by atoms with van der Waals surface area (Å²) >= 11 is 0. The number of nitrogens with zero attached hydrogens (tertiary/aromatic N) is 3. The smallest absolute Gasteiger partial charge is 0.322 e. The third-order valence-corrected chi connectivity index (χ3v) is 4.13. The maximum absolute atomic E-state index is 12.9. The van der Waals surface area contributed by atoms with Crippen LogP contribution in [0.5, 0.6) is 0 Å². The molecule has 0 atom stereocenters. The van der Waals surface area contributed by atoms with Crippen molar-refractivity contribution in [2.45, 2.75) is 19.6 Å². The predicted octanol–water partition coefficient (Wildman–Crippen LogP) is 3.76. The molecule has 0 saturated heterocycles. The van der Waals surface area contributed by atoms with Crippen molar-refractivity contribution in [1.82, 2.24) is 14.7 Å². The van der Waals surface area contributed by atoms with E-state index < -0.39 is 0 Å². The Morgan fingerprint density at radius 2 is 1.63 bits per heavy atom. The first-order valence-electron chi connectivity index (χ1n) is 8.90. The second-order valence-corrected chi connectivity index (χ2v) is 6.24. The van der Waals surface area contributed by atoms with E-state index in [-0.39, 0.29) is 6.03 Å². The number of ether oxygens (including phenoxy) is 1. The maximum atomic E-state index is 12.9. The number of methoxy groups -OCH3 is 1. The molecule has 1 N–H and O–H groups in total. The van der Waals surface area contributed by atoms with Crippen molar-refractivity contribution in [3.63, 3.8) is 0 Å². The zero-order valence-corrected chi connectivity index (χ0v) is 15.4. The van der Waals surface area contributed by atoms with Crippen molar-refractivity contribution < 1.29 is 9.53 Å². The van der Waals surface area contributed by atoms with E-state index in [1.165, 1.54) is 0 Å². The number of carbonyl (C=O) groups is 1. The molecular weight excluding hydrogens is 340 g/mol. The van der Waals surface area contributed by atoms with Gasteiger partial charge in [-0.15, -0.1) is 0 Å². The Morgan fingerprint density at radius 3 is 2.19 bits per heavy atom. The molecule has 0 unspecified atom stereocenters. The first-order chi connectivity index (χ1) is 13.2. The number of rotatable bonds is 8. The normalized spacial score (nSPS) is 10.6. The average Bonchev–Trinajstić information content (AvgIpc) is 3.14. The highest BCUT2D eigenvalue weighted by Gasteiger charge is 2.15. The molecule has 0 saturated carbocycles. The van der Waals surface area contributed by atoms with E-state index in [9.17, 15) is 4.79 Å². The van der Waals surface area contributed by atoms with E-state index in [4.69, 9.17) is 4.74 Å². The molecule has 0 spiro atoms. The fraction of sp³-hybridized carbons (Fsp3) is 0.238. The Hall–Kier alpha value is -3.12. The molecule has 3 aromatic rings. The lowest BCUT2D eigenvalue weighted by molar-refractivity contribution is 0.183. The summed E-state index contributed by atoms with van der Waals surface area (Å²) in [4.78, 5) is 14.7. The Morgan fingerprint density at radius 1 is 1.04 bits per heavy atom. The molecule has 6 nitrogen and oxygen atoms in total. The van der Waals surface area contributed by atoms with Gasteiger partial charge in [-0.1, -0.05) is 60.7 Å². The van der Waals surface area contributed by atoms with Gasteiger partial charge in [0.1, 0.15) is 0 Å². The van der Waals surface area contributed by atoms with Crippen molar-refractivity contribution in [1.29, 1.82) is 0 Å². The summed E-state index contributed by atoms with van der Waals surface area (Å²) < 4.78 is 6.80. The first-order valence-corrected chi connectivity index (χ1v) is 8.90. The average molecular weight is 364 g/mol. The quantitative estimate of drug-likeness (QED) is 0.662. The summed E-state index contributed by atoms with van der Waals surface area (Å²) in [5, 5.41) is 7.18. The molecule has 0 radical (unpaired) electrons. The molecule has 0 fully saturated rings. The molecule has 27 heavy (non-hydrogen) atoms. The SMILES string of the molecule is COCCn1cc(NC(=O)N(Cc2ccccc2)Cc2ccccc2)cn1. The van der Waals surface area contributed by atoms with Crippen LogP contribution in [0.2, 0.25) is 0 Å². The monoisotopic (exact) mass is 364 g/mol. The number of nitrogens with one attached hydrogen (secondary N) is 1. The lowest BCUT2D eigenvalue weighted by Crippen LogP contribution is -2.34. The van der Waals surface area contributed by atoms with Crippen molar-refractivity contribution in [2.75, 3.05) is 19.0 Å². The van der Waals surface area contributed by atoms with Crippen LogP contribution in [0.1, 0.15) is 11.1 Å². The molecule has 3 rings (SSSR count). The largest absolute Gasteiger partial charge is 0.383 e. The van der Waals surface area contributed by atoms with Crippen LogP contribution in [-0.2, 0) is 24.4 Å². The van der Waals surface area contributed by atoms with E-state index >= 15 is 0 Å². The third kappa shape index (κ3) is 5.69. The Labute approximate surface area is 159 Å². The van der Waals surface area contributed by atoms with Gasteiger partial charge in [-0.05, 0) is 11.1 Å². The van der Waals surface area contributed by atoms with Crippen LogP contribution in [0.3, 0.4) is 0 Å². The first kappa shape index (κ1) is 18.7. The number of urea groups is 1. The van der Waals surface area contributed by atoms with Gasteiger partial charge in [0, 0.05) is 26.4 Å². The summed E-state index contributed by atoms with van der Waals surface area (Å²) in [6.45, 7) is 2.27. The fourth-order valence-corrected chi connectivity index (χ4v) is 2.74. The van der Waals surface area contributed by atoms with Crippen molar-refractivity contribution >= 4 is 11.7 Å². The molecule has 140 valence electrons. The summed E-state index contributed by atoms with van der Waals surface area (Å²) in [5.41, 5.74) is 2.83. The number of benzene rings is 2. The summed E-state index contributed by atoms with van der Waals surface area (Å²) in [6.07, 6.45) is 3.46. The zero-order chi connectivity index (χ0) is 18.9. The Kier molecular flexibility index (Phi) is 6.60. The number of carbonyl (C=O) groups excluding carboxylic acids is 1. The minimum absolute atomic E-state index is 0.158. The minimum atomic E-state index is -0.158. The topological polar surface area (TPSA) is 59.4 Å². The van der Waals surface area contributed by atoms with Gasteiger partial charge >= 0.3 is 6.03 Å². The third-order valence-electron chi connectivity index (χ3n) is 4.13. The van der Waals surface area contributed by atoms with Gasteiger partial charge in [-0.3, -0.25) is 4.68 Å². The van der Waals surface area contributed by atoms with Crippen molar-refractivity contribution in [2.24, 2.45) is 0 Å². The number of anilines is 1. The number of amides is 2. The van der Waals surface area contributed by atoms with Crippen LogP contribution in [0.25, 0.3) is 0 Å². The van der Waals surface area contributed by atoms with E-state index in [2.05, 4.69) is 10.4 Å². The van der Waals surface area contributed by atoms with Gasteiger partial charge in [0.15, 0.2) is 0 Å². The van der Waals surface area contributed by atoms with Gasteiger partial charge in [0.05, 0.1) is 25.0 Å². The van der Waals surface area contributed by atoms with Gasteiger partial charge in [-0.2, -0.15) is 5.10 Å². The van der Waals surface area contributed by atoms with Gasteiger partial charge < -0.3 is 15.0 Å². The Balaban J connectivity index is 1.70. The molecule has 2 aromatic carbocycles. The zero-order valence-electron chi connectivity index (χ0n) is 15.4. The van der Waals surface area contributed by atoms with E-state index in [1.54, 1.807) is 29.1 Å². The lowest BCUT2D eigenvalue weighted by atomic mass is 10.2. The van der Waals surface area contributed by atoms with Gasteiger partial charge in [0.25, 0.3) is 0 Å². The summed E-state index contributed by atoms with van der Waals surface area (Å²) in [7, 11) is 1.65. The van der Waals surface area contributed by atoms with Gasteiger partial charge in [-0.25, -0.2) is 4.79 Å². The van der Waals surface area contributed by atoms with Crippen LogP contribution < -0.4 is 5.32 Å². The van der Waals surface area contributed by atoms with Crippen molar-refractivity contribution in [3.05, 3.63) is 84.2 Å². The number of aromatic nitrogens is 2. The predicted molar refractivity (Wildman–Crippen MR) is 105 cm³/mol. The maximum Gasteiger partial charge on any atom is 0.322 e. The summed E-state index contributed by atoms with van der Waals surface area (Å²) in [6, 6.07) is 19.8. The fourth-order valence-electron chi connectivity index (χ4n) is 2.74. The van der Waals surface area contributed by atoms with E-state index in [0.717, 1.165) is 11.1 Å². The minimum Gasteiger partial charge on any atom is -0.383 e. The van der Waals surface area contributed by atoms with Crippen LogP contribution >= 0.6 is 0 Å². The highest BCUT2D eigenvalue weighted by atomic mass is 16.5. The highest BCUT2D eigenvalue weighted by molar-refractivity contribution is 5.89. The molecule has 0 bridgehead atoms. The van der Waals surface area contributed by atoms with Gasteiger partial charge in [0.2, 0.25) is 0 Å². The van der Waals surface area contributed by atoms with E-state index in [1.807, 2.05) is 60.7 Å². The van der Waals surface area contributed by atoms with Crippen LogP contribution in [0, 0.1) is 0 Å². The van der Waals surface area contributed by atoms with Crippen LogP contribution in [0.15, 0.2) is 73.1 Å². The molecule has 6 heteroatoms. The molecular formula is C21H24N4O2. The van der Waals surface area contributed by atoms with Crippen LogP contribution in [0.4, 0.5) is 10.5 Å². The molecule has 1 heterocycles.